The van der Waals surface area contributed by atoms with Crippen LogP contribution in [0.2, 0.25) is 0 Å². The van der Waals surface area contributed by atoms with Gasteiger partial charge in [0.1, 0.15) is 31.3 Å². The number of amides is 6. The minimum atomic E-state index is -1.25. The van der Waals surface area contributed by atoms with E-state index in [1.807, 2.05) is 97.1 Å². The Balaban J connectivity index is 1.19. The lowest BCUT2D eigenvalue weighted by atomic mass is 9.98. The highest BCUT2D eigenvalue weighted by Crippen LogP contribution is 2.21. The molecule has 0 aliphatic rings. The molecule has 0 saturated heterocycles. The molecule has 0 unspecified atom stereocenters. The fourth-order valence-corrected chi connectivity index (χ4v) is 7.09. The van der Waals surface area contributed by atoms with Crippen molar-refractivity contribution in [3.05, 3.63) is 168 Å². The van der Waals surface area contributed by atoms with Crippen molar-refractivity contribution in [3.63, 3.8) is 0 Å². The lowest BCUT2D eigenvalue weighted by molar-refractivity contribution is -0.133. The summed E-state index contributed by atoms with van der Waals surface area (Å²) in [4.78, 5) is 83.7. The molecule has 0 fully saturated rings. The molecular formula is C50H51N7O8. The standard InChI is InChI=1S/C50H51N7O8/c1-33(58)53-44(30-40-22-12-21-38-19-10-11-23-41(38)40)47(61)54-42(46(60)55-43(45(51)59)29-36-25-26-37-18-8-9-20-39(37)28-36)24-13-27-52-48(56-49(62)64-31-34-14-4-2-5-15-34)57-50(63)65-32-35-16-6-3-7-17-35/h2-12,14-23,25-26,28,42-44H,13,24,27,29-32H2,1H3,(H2,51,59)(H,53,58)(H,54,61)(H,55,60)(H2,52,56,57,62,63)/t42-,43-,44+/m0/s1. The predicted octanol–water partition coefficient (Wildman–Crippen LogP) is 5.73. The number of nitrogens with two attached hydrogens (primary N) is 1. The predicted molar refractivity (Wildman–Crippen MR) is 247 cm³/mol. The first-order chi connectivity index (χ1) is 31.5. The SMILES string of the molecule is CC(=O)N[C@H](Cc1cccc2ccccc12)C(=O)N[C@@H](CCCN=C(NC(=O)OCc1ccccc1)NC(=O)OCc1ccccc1)C(=O)N[C@@H](Cc1ccc2ccccc2c1)C(N)=O. The van der Waals surface area contributed by atoms with E-state index in [9.17, 15) is 28.8 Å². The second-order valence-electron chi connectivity index (χ2n) is 15.3. The summed E-state index contributed by atoms with van der Waals surface area (Å²) in [5.74, 6) is -2.87. The number of benzene rings is 6. The van der Waals surface area contributed by atoms with E-state index in [2.05, 4.69) is 31.6 Å². The third kappa shape index (κ3) is 14.5. The van der Waals surface area contributed by atoms with Crippen molar-refractivity contribution >= 4 is 63.3 Å². The molecule has 0 bridgehead atoms. The number of carbonyl (C=O) groups excluding carboxylic acids is 6. The number of hydrogen-bond acceptors (Lipinski definition) is 9. The number of carbonyl (C=O) groups is 6. The Morgan fingerprint density at radius 2 is 1.11 bits per heavy atom. The first kappa shape index (κ1) is 46.4. The second kappa shape index (κ2) is 23.4. The summed E-state index contributed by atoms with van der Waals surface area (Å²) < 4.78 is 10.7. The molecule has 6 rings (SSSR count). The van der Waals surface area contributed by atoms with Crippen molar-refractivity contribution < 1.29 is 38.2 Å². The van der Waals surface area contributed by atoms with Gasteiger partial charge in [0, 0.05) is 26.3 Å². The van der Waals surface area contributed by atoms with Crippen LogP contribution in [0.1, 0.15) is 42.0 Å². The first-order valence-corrected chi connectivity index (χ1v) is 21.1. The molecule has 0 radical (unpaired) electrons. The van der Waals surface area contributed by atoms with Crippen molar-refractivity contribution in [2.45, 2.75) is 63.9 Å². The maximum atomic E-state index is 14.2. The summed E-state index contributed by atoms with van der Waals surface area (Å²) in [6.07, 6.45) is -1.54. The van der Waals surface area contributed by atoms with Crippen molar-refractivity contribution in [1.82, 2.24) is 26.6 Å². The Bertz CT molecular complexity index is 2580. The van der Waals surface area contributed by atoms with E-state index in [0.717, 1.165) is 43.8 Å². The molecule has 15 heteroatoms. The van der Waals surface area contributed by atoms with Crippen molar-refractivity contribution in [1.29, 1.82) is 0 Å². The summed E-state index contributed by atoms with van der Waals surface area (Å²) >= 11 is 0. The molecule has 3 atom stereocenters. The molecule has 0 aliphatic heterocycles. The summed E-state index contributed by atoms with van der Waals surface area (Å²) in [6, 6.07) is 41.2. The van der Waals surface area contributed by atoms with Gasteiger partial charge >= 0.3 is 12.2 Å². The van der Waals surface area contributed by atoms with Gasteiger partial charge in [0.15, 0.2) is 0 Å². The number of guanidine groups is 1. The number of nitrogens with zero attached hydrogens (tertiary/aromatic N) is 1. The summed E-state index contributed by atoms with van der Waals surface area (Å²) in [6.45, 7) is 1.11. The van der Waals surface area contributed by atoms with Crippen LogP contribution in [-0.2, 0) is 54.7 Å². The summed E-state index contributed by atoms with van der Waals surface area (Å²) in [5.41, 5.74) is 8.84. The first-order valence-electron chi connectivity index (χ1n) is 21.1. The molecule has 15 nitrogen and oxygen atoms in total. The second-order valence-corrected chi connectivity index (χ2v) is 15.3. The van der Waals surface area contributed by atoms with Crippen molar-refractivity contribution in [2.24, 2.45) is 10.7 Å². The fraction of sp³-hybridized carbons (Fsp3) is 0.220. The summed E-state index contributed by atoms with van der Waals surface area (Å²) in [5, 5.41) is 16.9. The highest BCUT2D eigenvalue weighted by Gasteiger charge is 2.29. The average Bonchev–Trinajstić information content (AvgIpc) is 3.31. The molecule has 334 valence electrons. The fourth-order valence-electron chi connectivity index (χ4n) is 7.09. The molecule has 0 aromatic heterocycles. The van der Waals surface area contributed by atoms with E-state index in [1.165, 1.54) is 6.92 Å². The van der Waals surface area contributed by atoms with Crippen LogP contribution in [-0.4, -0.2) is 66.4 Å². The molecule has 6 amide bonds. The maximum Gasteiger partial charge on any atom is 0.414 e. The van der Waals surface area contributed by atoms with Gasteiger partial charge in [-0.15, -0.1) is 0 Å². The topological polar surface area (TPSA) is 219 Å². The van der Waals surface area contributed by atoms with Gasteiger partial charge < -0.3 is 31.2 Å². The highest BCUT2D eigenvalue weighted by atomic mass is 16.6. The number of alkyl carbamates (subject to hydrolysis) is 2. The number of nitrogens with one attached hydrogen (secondary N) is 5. The molecule has 0 saturated carbocycles. The number of rotatable bonds is 18. The monoisotopic (exact) mass is 877 g/mol. The Hall–Kier alpha value is -8.07. The minimum absolute atomic E-state index is 0.0340. The minimum Gasteiger partial charge on any atom is -0.444 e. The number of aliphatic imine (C=N–C) groups is 1. The number of ether oxygens (including phenoxy) is 2. The Kier molecular flexibility index (Phi) is 16.7. The van der Waals surface area contributed by atoms with Gasteiger partial charge in [0.2, 0.25) is 29.6 Å². The van der Waals surface area contributed by atoms with Crippen LogP contribution in [0.15, 0.2) is 151 Å². The molecular weight excluding hydrogens is 827 g/mol. The normalized spacial score (nSPS) is 12.1. The number of hydrogen-bond donors (Lipinski definition) is 6. The van der Waals surface area contributed by atoms with E-state index in [4.69, 9.17) is 15.2 Å². The van der Waals surface area contributed by atoms with Gasteiger partial charge in [0.05, 0.1) is 0 Å². The highest BCUT2D eigenvalue weighted by molar-refractivity contribution is 6.01. The van der Waals surface area contributed by atoms with Crippen LogP contribution in [0.3, 0.4) is 0 Å². The lowest BCUT2D eigenvalue weighted by Crippen LogP contribution is -2.57. The largest absolute Gasteiger partial charge is 0.444 e. The Morgan fingerprint density at radius 3 is 1.74 bits per heavy atom. The van der Waals surface area contributed by atoms with E-state index in [1.54, 1.807) is 48.5 Å². The zero-order chi connectivity index (χ0) is 46.0. The van der Waals surface area contributed by atoms with E-state index >= 15 is 0 Å². The number of fused-ring (bicyclic) bond motifs is 2. The van der Waals surface area contributed by atoms with Gasteiger partial charge in [-0.2, -0.15) is 0 Å². The van der Waals surface area contributed by atoms with Gasteiger partial charge in [-0.25, -0.2) is 9.59 Å². The van der Waals surface area contributed by atoms with Crippen LogP contribution >= 0.6 is 0 Å². The van der Waals surface area contributed by atoms with Gasteiger partial charge in [-0.3, -0.25) is 34.8 Å². The molecule has 6 aromatic carbocycles. The van der Waals surface area contributed by atoms with E-state index in [-0.39, 0.29) is 51.4 Å². The van der Waals surface area contributed by atoms with Gasteiger partial charge in [-0.05, 0) is 56.6 Å². The van der Waals surface area contributed by atoms with Gasteiger partial charge in [-0.1, -0.05) is 146 Å². The molecule has 6 aromatic rings. The van der Waals surface area contributed by atoms with Crippen LogP contribution in [0.4, 0.5) is 9.59 Å². The molecule has 7 N–H and O–H groups in total. The molecule has 0 heterocycles. The third-order valence-corrected chi connectivity index (χ3v) is 10.3. The van der Waals surface area contributed by atoms with Crippen LogP contribution in [0, 0.1) is 0 Å². The van der Waals surface area contributed by atoms with E-state index < -0.39 is 53.9 Å². The smallest absolute Gasteiger partial charge is 0.414 e. The van der Waals surface area contributed by atoms with Crippen molar-refractivity contribution in [2.75, 3.05) is 6.54 Å². The van der Waals surface area contributed by atoms with Crippen LogP contribution in [0.5, 0.6) is 0 Å². The molecule has 0 spiro atoms. The Morgan fingerprint density at radius 1 is 0.554 bits per heavy atom. The zero-order valence-corrected chi connectivity index (χ0v) is 35.8. The average molecular weight is 878 g/mol. The Labute approximate surface area is 376 Å². The third-order valence-electron chi connectivity index (χ3n) is 10.3. The maximum absolute atomic E-state index is 14.2. The molecule has 65 heavy (non-hydrogen) atoms. The zero-order valence-electron chi connectivity index (χ0n) is 35.8. The molecule has 0 aliphatic carbocycles. The number of primary amides is 1. The quantitative estimate of drug-likeness (QED) is 0.0355. The van der Waals surface area contributed by atoms with Gasteiger partial charge in [0.25, 0.3) is 0 Å². The van der Waals surface area contributed by atoms with Crippen LogP contribution < -0.4 is 32.3 Å². The van der Waals surface area contributed by atoms with Crippen molar-refractivity contribution in [3.8, 4) is 0 Å². The lowest BCUT2D eigenvalue weighted by Gasteiger charge is -2.25. The van der Waals surface area contributed by atoms with E-state index in [0.29, 0.717) is 0 Å². The summed E-state index contributed by atoms with van der Waals surface area (Å²) in [7, 11) is 0. The van der Waals surface area contributed by atoms with Crippen LogP contribution in [0.25, 0.3) is 21.5 Å².